The van der Waals surface area contributed by atoms with Gasteiger partial charge >= 0.3 is 0 Å². The molecule has 3 heterocycles. The Morgan fingerprint density at radius 2 is 1.79 bits per heavy atom. The van der Waals surface area contributed by atoms with Crippen LogP contribution in [0, 0.1) is 12.7 Å². The summed E-state index contributed by atoms with van der Waals surface area (Å²) >= 11 is 0. The third-order valence-corrected chi connectivity index (χ3v) is 6.86. The molecule has 5 rings (SSSR count). The number of rotatable bonds is 6. The zero-order valence-electron chi connectivity index (χ0n) is 21.7. The van der Waals surface area contributed by atoms with Crippen molar-refractivity contribution in [2.24, 2.45) is 0 Å². The van der Waals surface area contributed by atoms with Crippen LogP contribution >= 0.6 is 0 Å². The van der Waals surface area contributed by atoms with E-state index in [9.17, 15) is 19.1 Å². The second-order valence-corrected chi connectivity index (χ2v) is 9.29. The van der Waals surface area contributed by atoms with Crippen LogP contribution in [0.2, 0.25) is 0 Å². The van der Waals surface area contributed by atoms with Crippen molar-refractivity contribution >= 4 is 5.91 Å². The van der Waals surface area contributed by atoms with E-state index in [0.29, 0.717) is 29.0 Å². The number of halogens is 1. The number of carbonyl (C=O) groups is 1. The zero-order chi connectivity index (χ0) is 27.7. The summed E-state index contributed by atoms with van der Waals surface area (Å²) in [5.41, 5.74) is 0.610. The van der Waals surface area contributed by atoms with E-state index in [1.54, 1.807) is 48.7 Å². The number of para-hydroxylation sites is 1. The number of methoxy groups -OCH3 is 2. The Balaban J connectivity index is 1.67. The number of aryl methyl sites for hydroxylation is 1. The number of hydrogen-bond donors (Lipinski definition) is 1. The normalized spacial score (nSPS) is 14.9. The number of benzene rings is 2. The molecule has 39 heavy (non-hydrogen) atoms. The lowest BCUT2D eigenvalue weighted by molar-refractivity contribution is 0.0784. The molecular weight excluding hydrogens is 503 g/mol. The SMILES string of the molecule is COc1cccc(OC)c1-n1c(-c2cncc(C)c2)nc(=O)c(C(=O)N2CCC(c3ccccc3F)C2)c1O. The molecule has 10 heteroatoms. The molecule has 1 unspecified atom stereocenters. The number of aromatic nitrogens is 3. The zero-order valence-corrected chi connectivity index (χ0v) is 21.7. The van der Waals surface area contributed by atoms with Gasteiger partial charge in [-0.2, -0.15) is 4.98 Å². The van der Waals surface area contributed by atoms with Gasteiger partial charge in [0.1, 0.15) is 23.0 Å². The quantitative estimate of drug-likeness (QED) is 0.400. The number of likely N-dealkylation sites (tertiary alicyclic amines) is 1. The average molecular weight is 531 g/mol. The predicted molar refractivity (Wildman–Crippen MR) is 142 cm³/mol. The highest BCUT2D eigenvalue weighted by Crippen LogP contribution is 2.39. The van der Waals surface area contributed by atoms with Gasteiger partial charge in [-0.25, -0.2) is 4.39 Å². The average Bonchev–Trinajstić information content (AvgIpc) is 3.43. The fourth-order valence-corrected chi connectivity index (χ4v) is 4.99. The van der Waals surface area contributed by atoms with Gasteiger partial charge in [-0.05, 0) is 48.7 Å². The van der Waals surface area contributed by atoms with Gasteiger partial charge in [0.2, 0.25) is 5.88 Å². The smallest absolute Gasteiger partial charge is 0.290 e. The molecule has 1 N–H and O–H groups in total. The summed E-state index contributed by atoms with van der Waals surface area (Å²) in [6.45, 7) is 2.32. The van der Waals surface area contributed by atoms with Crippen molar-refractivity contribution in [3.05, 3.63) is 93.8 Å². The lowest BCUT2D eigenvalue weighted by atomic mass is 9.98. The number of hydrogen-bond acceptors (Lipinski definition) is 7. The molecule has 200 valence electrons. The van der Waals surface area contributed by atoms with Crippen molar-refractivity contribution < 1.29 is 23.8 Å². The molecule has 4 aromatic rings. The molecule has 2 aromatic carbocycles. The largest absolute Gasteiger partial charge is 0.494 e. The Labute approximate surface area is 224 Å². The van der Waals surface area contributed by atoms with Gasteiger partial charge in [0.25, 0.3) is 11.5 Å². The van der Waals surface area contributed by atoms with Gasteiger partial charge in [-0.15, -0.1) is 0 Å². The molecule has 1 fully saturated rings. The second kappa shape index (κ2) is 10.6. The topological polar surface area (TPSA) is 107 Å². The van der Waals surface area contributed by atoms with Crippen molar-refractivity contribution in [2.45, 2.75) is 19.3 Å². The van der Waals surface area contributed by atoms with E-state index in [1.807, 2.05) is 6.92 Å². The third-order valence-electron chi connectivity index (χ3n) is 6.86. The molecular formula is C29H27FN4O5. The van der Waals surface area contributed by atoms with Crippen LogP contribution < -0.4 is 15.0 Å². The van der Waals surface area contributed by atoms with Crippen LogP contribution in [0.15, 0.2) is 65.7 Å². The Hall–Kier alpha value is -4.73. The summed E-state index contributed by atoms with van der Waals surface area (Å²) in [4.78, 5) is 36.9. The molecule has 9 nitrogen and oxygen atoms in total. The van der Waals surface area contributed by atoms with Crippen LogP contribution in [0.5, 0.6) is 17.4 Å². The molecule has 0 radical (unpaired) electrons. The van der Waals surface area contributed by atoms with Crippen molar-refractivity contribution in [2.75, 3.05) is 27.3 Å². The van der Waals surface area contributed by atoms with Gasteiger partial charge in [0.05, 0.1) is 14.2 Å². The number of aromatic hydroxyl groups is 1. The van der Waals surface area contributed by atoms with Gasteiger partial charge < -0.3 is 19.5 Å². The van der Waals surface area contributed by atoms with E-state index < -0.39 is 22.9 Å². The fourth-order valence-electron chi connectivity index (χ4n) is 4.99. The first kappa shape index (κ1) is 25.9. The van der Waals surface area contributed by atoms with Crippen molar-refractivity contribution in [3.8, 4) is 34.5 Å². The van der Waals surface area contributed by atoms with Crippen LogP contribution in [0.3, 0.4) is 0 Å². The summed E-state index contributed by atoms with van der Waals surface area (Å²) in [7, 11) is 2.91. The summed E-state index contributed by atoms with van der Waals surface area (Å²) in [6.07, 6.45) is 3.67. The van der Waals surface area contributed by atoms with Crippen LogP contribution in [0.25, 0.3) is 17.1 Å². The maximum atomic E-state index is 14.4. The Bertz CT molecular complexity index is 1600. The van der Waals surface area contributed by atoms with E-state index >= 15 is 0 Å². The third kappa shape index (κ3) is 4.69. The number of carbonyl (C=O) groups excluding carboxylic acids is 1. The summed E-state index contributed by atoms with van der Waals surface area (Å²) in [6, 6.07) is 13.2. The van der Waals surface area contributed by atoms with Crippen molar-refractivity contribution in [3.63, 3.8) is 0 Å². The van der Waals surface area contributed by atoms with Gasteiger partial charge in [-0.3, -0.25) is 19.1 Å². The second-order valence-electron chi connectivity index (χ2n) is 9.29. The molecule has 0 aliphatic carbocycles. The molecule has 1 atom stereocenters. The molecule has 0 spiro atoms. The van der Waals surface area contributed by atoms with Crippen LogP contribution in [0.1, 0.15) is 33.8 Å². The molecule has 0 saturated carbocycles. The number of ether oxygens (including phenoxy) is 2. The highest BCUT2D eigenvalue weighted by molar-refractivity contribution is 5.97. The highest BCUT2D eigenvalue weighted by Gasteiger charge is 2.34. The van der Waals surface area contributed by atoms with E-state index in [-0.39, 0.29) is 36.3 Å². The maximum absolute atomic E-state index is 14.4. The first-order chi connectivity index (χ1) is 18.8. The standard InChI is InChI=1S/C29H27FN4O5/c1-17-13-19(15-31-14-17)26-32-27(35)24(29(37)34(26)25-22(38-2)9-6-10-23(25)39-3)28(36)33-12-11-18(16-33)20-7-4-5-8-21(20)30/h4-10,13-15,18,37H,11-12,16H2,1-3H3. The minimum absolute atomic E-state index is 0.0544. The molecule has 1 amide bonds. The van der Waals surface area contributed by atoms with Crippen LogP contribution in [0.4, 0.5) is 4.39 Å². The highest BCUT2D eigenvalue weighted by atomic mass is 19.1. The minimum Gasteiger partial charge on any atom is -0.494 e. The summed E-state index contributed by atoms with van der Waals surface area (Å²) in [5, 5.41) is 11.6. The Morgan fingerprint density at radius 1 is 1.08 bits per heavy atom. The van der Waals surface area contributed by atoms with E-state index in [4.69, 9.17) is 9.47 Å². The molecule has 1 aliphatic rings. The molecule has 1 aliphatic heterocycles. The van der Waals surface area contributed by atoms with Crippen molar-refractivity contribution in [1.29, 1.82) is 0 Å². The monoisotopic (exact) mass is 530 g/mol. The minimum atomic E-state index is -0.895. The number of pyridine rings is 1. The van der Waals surface area contributed by atoms with Crippen LogP contribution in [-0.4, -0.2) is 57.8 Å². The van der Waals surface area contributed by atoms with E-state index in [2.05, 4.69) is 9.97 Å². The lowest BCUT2D eigenvalue weighted by Gasteiger charge is -2.22. The summed E-state index contributed by atoms with van der Waals surface area (Å²) in [5.74, 6) is -1.21. The predicted octanol–water partition coefficient (Wildman–Crippen LogP) is 4.09. The Morgan fingerprint density at radius 3 is 2.46 bits per heavy atom. The van der Waals surface area contributed by atoms with Gasteiger partial charge in [-0.1, -0.05) is 24.3 Å². The molecule has 0 bridgehead atoms. The first-order valence-electron chi connectivity index (χ1n) is 12.4. The van der Waals surface area contributed by atoms with Gasteiger partial charge in [0.15, 0.2) is 11.4 Å². The summed E-state index contributed by atoms with van der Waals surface area (Å²) < 4.78 is 26.8. The van der Waals surface area contributed by atoms with Gasteiger partial charge in [0, 0.05) is 37.0 Å². The number of nitrogens with zero attached hydrogens (tertiary/aromatic N) is 4. The maximum Gasteiger partial charge on any atom is 0.290 e. The molecule has 1 saturated heterocycles. The fraction of sp³-hybridized carbons (Fsp3) is 0.241. The van der Waals surface area contributed by atoms with Crippen molar-refractivity contribution in [1.82, 2.24) is 19.4 Å². The van der Waals surface area contributed by atoms with E-state index in [0.717, 1.165) is 5.56 Å². The lowest BCUT2D eigenvalue weighted by Crippen LogP contribution is -2.34. The van der Waals surface area contributed by atoms with E-state index in [1.165, 1.54) is 35.9 Å². The number of amides is 1. The molecule has 2 aromatic heterocycles. The first-order valence-corrected chi connectivity index (χ1v) is 12.4. The Kier molecular flexibility index (Phi) is 7.02. The van der Waals surface area contributed by atoms with Crippen LogP contribution in [-0.2, 0) is 0 Å².